The van der Waals surface area contributed by atoms with Crippen molar-refractivity contribution >= 4 is 17.6 Å². The molecule has 1 aromatic rings. The number of cyclic esters (lactones) is 1. The highest BCUT2D eigenvalue weighted by Gasteiger charge is 2.23. The molecule has 1 aromatic carbocycles. The second-order valence-electron chi connectivity index (χ2n) is 5.80. The number of ether oxygens (including phenoxy) is 2. The number of carbonyl (C=O) groups is 1. The molecule has 0 unspecified atom stereocenters. The minimum Gasteiger partial charge on any atom is -0.512 e. The van der Waals surface area contributed by atoms with Crippen molar-refractivity contribution in [1.82, 2.24) is 0 Å². The first-order chi connectivity index (χ1) is 10.6. The van der Waals surface area contributed by atoms with Gasteiger partial charge in [-0.15, -0.1) is 0 Å². The molecule has 1 aliphatic carbocycles. The van der Waals surface area contributed by atoms with Crippen LogP contribution >= 0.6 is 0 Å². The fraction of sp³-hybridized carbons (Fsp3) is 0.278. The molecule has 2 heterocycles. The second-order valence-corrected chi connectivity index (χ2v) is 5.80. The molecular weight excluding hydrogens is 280 g/mol. The van der Waals surface area contributed by atoms with Crippen molar-refractivity contribution in [3.63, 3.8) is 0 Å². The molecule has 0 aromatic heterocycles. The van der Waals surface area contributed by atoms with Gasteiger partial charge in [0.2, 0.25) is 0 Å². The molecule has 1 N–H and O–H groups in total. The quantitative estimate of drug-likeness (QED) is 0.731. The van der Waals surface area contributed by atoms with E-state index in [9.17, 15) is 9.90 Å². The van der Waals surface area contributed by atoms with Crippen LogP contribution in [0.15, 0.2) is 29.6 Å². The Labute approximate surface area is 127 Å². The molecular formula is C18H16O4. The van der Waals surface area contributed by atoms with Gasteiger partial charge in [-0.3, -0.25) is 0 Å². The van der Waals surface area contributed by atoms with Crippen LogP contribution in [0.25, 0.3) is 11.6 Å². The zero-order valence-corrected chi connectivity index (χ0v) is 12.3. The van der Waals surface area contributed by atoms with Crippen LogP contribution in [0, 0.1) is 6.92 Å². The monoisotopic (exact) mass is 296 g/mol. The third-order valence-electron chi connectivity index (χ3n) is 4.33. The summed E-state index contributed by atoms with van der Waals surface area (Å²) in [5.74, 6) is 0.717. The highest BCUT2D eigenvalue weighted by atomic mass is 16.5. The van der Waals surface area contributed by atoms with Gasteiger partial charge in [-0.1, -0.05) is 12.1 Å². The minimum atomic E-state index is -0.370. The summed E-state index contributed by atoms with van der Waals surface area (Å²) in [7, 11) is 0. The normalized spacial score (nSPS) is 19.3. The van der Waals surface area contributed by atoms with Gasteiger partial charge in [0.1, 0.15) is 12.4 Å². The number of allylic oxidation sites excluding steroid dienone is 2. The number of aliphatic hydroxyl groups excluding tert-OH is 1. The lowest BCUT2D eigenvalue weighted by Gasteiger charge is -2.19. The minimum absolute atomic E-state index is 0.226. The van der Waals surface area contributed by atoms with Gasteiger partial charge in [0.05, 0.1) is 12.4 Å². The summed E-state index contributed by atoms with van der Waals surface area (Å²) in [6.45, 7) is 2.94. The van der Waals surface area contributed by atoms with Crippen LogP contribution in [0.5, 0.6) is 5.75 Å². The summed E-state index contributed by atoms with van der Waals surface area (Å²) in [4.78, 5) is 11.5. The molecule has 0 fully saturated rings. The Kier molecular flexibility index (Phi) is 2.86. The molecule has 4 nitrogen and oxygen atoms in total. The number of hydrogen-bond acceptors (Lipinski definition) is 4. The Morgan fingerprint density at radius 2 is 2.09 bits per heavy atom. The molecule has 0 saturated heterocycles. The highest BCUT2D eigenvalue weighted by Crippen LogP contribution is 2.26. The third-order valence-corrected chi connectivity index (χ3v) is 4.33. The molecule has 3 aliphatic rings. The predicted octanol–water partition coefficient (Wildman–Crippen LogP) is 1.19. The highest BCUT2D eigenvalue weighted by molar-refractivity contribution is 5.92. The van der Waals surface area contributed by atoms with E-state index in [1.807, 2.05) is 0 Å². The van der Waals surface area contributed by atoms with Crippen LogP contribution in [-0.4, -0.2) is 24.3 Å². The van der Waals surface area contributed by atoms with Crippen LogP contribution < -0.4 is 15.2 Å². The summed E-state index contributed by atoms with van der Waals surface area (Å²) >= 11 is 0. The maximum atomic E-state index is 11.5. The van der Waals surface area contributed by atoms with Gasteiger partial charge in [-0.05, 0) is 29.4 Å². The van der Waals surface area contributed by atoms with E-state index in [4.69, 9.17) is 9.47 Å². The van der Waals surface area contributed by atoms with Gasteiger partial charge in [0.25, 0.3) is 0 Å². The Morgan fingerprint density at radius 1 is 1.23 bits per heavy atom. The molecule has 2 aliphatic heterocycles. The standard InChI is InChI=1S/C18H16O4/c1-10-5-14-15(18-13(10)3-2-4-21-18)8-12(19)6-11-7-17(20)22-9-16(11)14/h3,5-7,19H,2,4,8-9H2,1H3. The molecule has 4 rings (SSSR count). The summed E-state index contributed by atoms with van der Waals surface area (Å²) < 4.78 is 11.1. The van der Waals surface area contributed by atoms with Crippen LogP contribution in [0.2, 0.25) is 0 Å². The van der Waals surface area contributed by atoms with Gasteiger partial charge in [-0.2, -0.15) is 0 Å². The van der Waals surface area contributed by atoms with Crippen molar-refractivity contribution in [3.05, 3.63) is 51.1 Å². The van der Waals surface area contributed by atoms with Crippen molar-refractivity contribution in [2.75, 3.05) is 13.2 Å². The summed E-state index contributed by atoms with van der Waals surface area (Å²) in [5.41, 5.74) is 3.77. The molecule has 22 heavy (non-hydrogen) atoms. The topological polar surface area (TPSA) is 55.8 Å². The van der Waals surface area contributed by atoms with E-state index in [2.05, 4.69) is 19.1 Å². The number of benzene rings is 1. The molecule has 0 radical (unpaired) electrons. The third kappa shape index (κ3) is 1.95. The van der Waals surface area contributed by atoms with Crippen molar-refractivity contribution in [2.45, 2.75) is 19.8 Å². The molecule has 112 valence electrons. The number of aryl methyl sites for hydroxylation is 1. The summed E-state index contributed by atoms with van der Waals surface area (Å²) in [6, 6.07) is 2.11. The Morgan fingerprint density at radius 3 is 2.95 bits per heavy atom. The number of aliphatic hydroxyl groups is 1. The Hall–Kier alpha value is -2.49. The largest absolute Gasteiger partial charge is 0.512 e. The zero-order valence-electron chi connectivity index (χ0n) is 12.3. The Bertz CT molecular complexity index is 871. The van der Waals surface area contributed by atoms with E-state index < -0.39 is 0 Å². The van der Waals surface area contributed by atoms with Crippen molar-refractivity contribution in [1.29, 1.82) is 0 Å². The SMILES string of the molecule is Cc1cc2c(c3c1=CCCO3)CC(O)=CC1=CC(=O)OCC=21. The maximum absolute atomic E-state index is 11.5. The van der Waals surface area contributed by atoms with E-state index in [1.54, 1.807) is 6.08 Å². The van der Waals surface area contributed by atoms with Crippen molar-refractivity contribution < 1.29 is 19.4 Å². The number of carbonyl (C=O) groups excluding carboxylic acids is 1. The average Bonchev–Trinajstić information content (AvgIpc) is 2.63. The molecule has 0 atom stereocenters. The smallest absolute Gasteiger partial charge is 0.331 e. The number of esters is 1. The lowest BCUT2D eigenvalue weighted by Crippen LogP contribution is -2.28. The second kappa shape index (κ2) is 4.77. The van der Waals surface area contributed by atoms with Gasteiger partial charge < -0.3 is 14.6 Å². The van der Waals surface area contributed by atoms with Crippen LogP contribution in [0.1, 0.15) is 17.5 Å². The zero-order chi connectivity index (χ0) is 15.3. The van der Waals surface area contributed by atoms with E-state index in [0.717, 1.165) is 44.9 Å². The van der Waals surface area contributed by atoms with E-state index in [0.29, 0.717) is 13.0 Å². The number of rotatable bonds is 0. The average molecular weight is 296 g/mol. The van der Waals surface area contributed by atoms with Gasteiger partial charge in [-0.25, -0.2) is 4.79 Å². The van der Waals surface area contributed by atoms with Gasteiger partial charge in [0, 0.05) is 35.3 Å². The number of fused-ring (bicyclic) bond motifs is 4. The van der Waals surface area contributed by atoms with Gasteiger partial charge in [0.15, 0.2) is 0 Å². The van der Waals surface area contributed by atoms with Crippen molar-refractivity contribution in [3.8, 4) is 5.75 Å². The molecule has 4 heteroatoms. The lowest BCUT2D eigenvalue weighted by atomic mass is 9.96. The molecule has 0 spiro atoms. The fourth-order valence-electron chi connectivity index (χ4n) is 3.33. The van der Waals surface area contributed by atoms with E-state index in [-0.39, 0.29) is 18.3 Å². The number of hydrogen-bond donors (Lipinski definition) is 1. The van der Waals surface area contributed by atoms with Crippen molar-refractivity contribution in [2.24, 2.45) is 0 Å². The van der Waals surface area contributed by atoms with Crippen LogP contribution in [-0.2, 0) is 16.0 Å². The molecule has 0 bridgehead atoms. The van der Waals surface area contributed by atoms with Crippen LogP contribution in [0.4, 0.5) is 0 Å². The van der Waals surface area contributed by atoms with E-state index >= 15 is 0 Å². The predicted molar refractivity (Wildman–Crippen MR) is 81.9 cm³/mol. The lowest BCUT2D eigenvalue weighted by molar-refractivity contribution is -0.136. The first kappa shape index (κ1) is 13.2. The van der Waals surface area contributed by atoms with Gasteiger partial charge >= 0.3 is 5.97 Å². The van der Waals surface area contributed by atoms with Crippen LogP contribution in [0.3, 0.4) is 0 Å². The summed E-state index contributed by atoms with van der Waals surface area (Å²) in [6.07, 6.45) is 6.58. The molecule has 0 amide bonds. The van der Waals surface area contributed by atoms with E-state index in [1.165, 1.54) is 6.08 Å². The first-order valence-corrected chi connectivity index (χ1v) is 7.40. The fourth-order valence-corrected chi connectivity index (χ4v) is 3.33. The first-order valence-electron chi connectivity index (χ1n) is 7.40. The summed E-state index contributed by atoms with van der Waals surface area (Å²) in [5, 5.41) is 12.3. The Balaban J connectivity index is 2.13. The maximum Gasteiger partial charge on any atom is 0.331 e. The molecule has 0 saturated carbocycles.